The lowest BCUT2D eigenvalue weighted by Crippen LogP contribution is -2.35. The zero-order valence-electron chi connectivity index (χ0n) is 8.45. The lowest BCUT2D eigenvalue weighted by Gasteiger charge is -2.13. The summed E-state index contributed by atoms with van der Waals surface area (Å²) in [4.78, 5) is 0. The van der Waals surface area contributed by atoms with Gasteiger partial charge in [-0.3, -0.25) is 0 Å². The van der Waals surface area contributed by atoms with Gasteiger partial charge in [0.1, 0.15) is 5.75 Å². The first-order chi connectivity index (χ1) is 7.58. The molecule has 6 heteroatoms. The molecule has 1 aromatic rings. The van der Waals surface area contributed by atoms with Gasteiger partial charge in [0.15, 0.2) is 0 Å². The first-order valence-electron chi connectivity index (χ1n) is 4.70. The molecule has 0 fully saturated rings. The summed E-state index contributed by atoms with van der Waals surface area (Å²) in [5.74, 6) is 0.157. The van der Waals surface area contributed by atoms with Gasteiger partial charge < -0.3 is 20.6 Å². The summed E-state index contributed by atoms with van der Waals surface area (Å²) in [6, 6.07) is 3.23. The third kappa shape index (κ3) is 3.71. The minimum Gasteiger partial charge on any atom is -0.506 e. The number of halogens is 2. The number of nitrogens with one attached hydrogen (secondary N) is 1. The topological polar surface area (TPSA) is 72.7 Å². The Morgan fingerprint density at radius 3 is 2.06 bits per heavy atom. The smallest absolute Gasteiger partial charge is 0.143 e. The van der Waals surface area contributed by atoms with Crippen LogP contribution in [0.2, 0.25) is 0 Å². The fourth-order valence-electron chi connectivity index (χ4n) is 1.17. The van der Waals surface area contributed by atoms with E-state index in [1.165, 1.54) is 0 Å². The Bertz CT molecular complexity index is 333. The normalized spacial score (nSPS) is 11.1. The summed E-state index contributed by atoms with van der Waals surface area (Å²) in [5, 5.41) is 30.2. The molecule has 0 aliphatic rings. The predicted octanol–water partition coefficient (Wildman–Crippen LogP) is 1.36. The Balaban J connectivity index is 2.68. The van der Waals surface area contributed by atoms with Crippen LogP contribution in [0.3, 0.4) is 0 Å². The third-order valence-electron chi connectivity index (χ3n) is 2.11. The summed E-state index contributed by atoms with van der Waals surface area (Å²) in [6.45, 7) is 0.275. The highest BCUT2D eigenvalue weighted by atomic mass is 79.9. The van der Waals surface area contributed by atoms with Gasteiger partial charge in [-0.15, -0.1) is 0 Å². The maximum absolute atomic E-state index is 9.51. The van der Waals surface area contributed by atoms with Crippen molar-refractivity contribution in [2.75, 3.05) is 13.2 Å². The van der Waals surface area contributed by atoms with Crippen molar-refractivity contribution in [3.8, 4) is 5.75 Å². The Kier molecular flexibility index (Phi) is 5.71. The third-order valence-corrected chi connectivity index (χ3v) is 3.32. The lowest BCUT2D eigenvalue weighted by atomic mass is 10.2. The highest BCUT2D eigenvalue weighted by Crippen LogP contribution is 2.33. The van der Waals surface area contributed by atoms with Gasteiger partial charge in [-0.25, -0.2) is 0 Å². The average molecular weight is 355 g/mol. The minimum atomic E-state index is -0.327. The molecule has 0 amide bonds. The van der Waals surface area contributed by atoms with Gasteiger partial charge in [-0.05, 0) is 49.6 Å². The second-order valence-electron chi connectivity index (χ2n) is 3.35. The highest BCUT2D eigenvalue weighted by molar-refractivity contribution is 9.11. The van der Waals surface area contributed by atoms with Crippen LogP contribution in [0, 0.1) is 0 Å². The zero-order chi connectivity index (χ0) is 12.1. The number of hydrogen-bond acceptors (Lipinski definition) is 4. The molecule has 0 radical (unpaired) electrons. The van der Waals surface area contributed by atoms with Crippen molar-refractivity contribution in [3.63, 3.8) is 0 Å². The Labute approximate surface area is 111 Å². The van der Waals surface area contributed by atoms with E-state index in [1.54, 1.807) is 12.1 Å². The van der Waals surface area contributed by atoms with Crippen molar-refractivity contribution in [3.05, 3.63) is 26.6 Å². The van der Waals surface area contributed by atoms with Gasteiger partial charge in [0.25, 0.3) is 0 Å². The van der Waals surface area contributed by atoms with Gasteiger partial charge in [-0.2, -0.15) is 0 Å². The molecule has 1 aromatic carbocycles. The molecule has 0 heterocycles. The van der Waals surface area contributed by atoms with Gasteiger partial charge in [0.2, 0.25) is 0 Å². The summed E-state index contributed by atoms with van der Waals surface area (Å²) < 4.78 is 1.20. The van der Waals surface area contributed by atoms with Crippen LogP contribution in [-0.4, -0.2) is 34.6 Å². The van der Waals surface area contributed by atoms with Crippen LogP contribution in [-0.2, 0) is 6.54 Å². The molecule has 0 unspecified atom stereocenters. The monoisotopic (exact) mass is 353 g/mol. The zero-order valence-corrected chi connectivity index (χ0v) is 11.6. The molecule has 0 spiro atoms. The van der Waals surface area contributed by atoms with Gasteiger partial charge >= 0.3 is 0 Å². The number of hydrogen-bond donors (Lipinski definition) is 4. The van der Waals surface area contributed by atoms with E-state index in [0.717, 1.165) is 5.56 Å². The van der Waals surface area contributed by atoms with E-state index in [9.17, 15) is 5.11 Å². The van der Waals surface area contributed by atoms with E-state index in [-0.39, 0.29) is 25.0 Å². The number of aromatic hydroxyl groups is 1. The van der Waals surface area contributed by atoms with E-state index >= 15 is 0 Å². The van der Waals surface area contributed by atoms with Crippen LogP contribution in [0.25, 0.3) is 0 Å². The first kappa shape index (κ1) is 13.9. The molecule has 0 aliphatic heterocycles. The summed E-state index contributed by atoms with van der Waals surface area (Å²) in [7, 11) is 0. The van der Waals surface area contributed by atoms with Gasteiger partial charge in [-0.1, -0.05) is 0 Å². The van der Waals surface area contributed by atoms with E-state index in [4.69, 9.17) is 10.2 Å². The van der Waals surface area contributed by atoms with Crippen molar-refractivity contribution in [2.24, 2.45) is 0 Å². The van der Waals surface area contributed by atoms with Crippen LogP contribution in [0.1, 0.15) is 5.56 Å². The molecule has 1 rings (SSSR count). The molecule has 0 bridgehead atoms. The molecular weight excluding hydrogens is 342 g/mol. The second-order valence-corrected chi connectivity index (χ2v) is 5.06. The Morgan fingerprint density at radius 2 is 1.62 bits per heavy atom. The van der Waals surface area contributed by atoms with Crippen LogP contribution in [0.5, 0.6) is 5.75 Å². The molecule has 90 valence electrons. The number of aliphatic hydroxyl groups excluding tert-OH is 2. The van der Waals surface area contributed by atoms with E-state index in [1.807, 2.05) is 0 Å². The van der Waals surface area contributed by atoms with Gasteiger partial charge in [0.05, 0.1) is 28.2 Å². The SMILES string of the molecule is OCC(CO)NCc1cc(Br)c(O)c(Br)c1. The predicted molar refractivity (Wildman–Crippen MR) is 68.3 cm³/mol. The van der Waals surface area contributed by atoms with E-state index in [0.29, 0.717) is 15.5 Å². The number of rotatable bonds is 5. The number of benzene rings is 1. The summed E-state index contributed by atoms with van der Waals surface area (Å²) in [5.41, 5.74) is 0.934. The van der Waals surface area contributed by atoms with Crippen LogP contribution >= 0.6 is 31.9 Å². The molecule has 0 saturated heterocycles. The number of aliphatic hydroxyl groups is 2. The fourth-order valence-corrected chi connectivity index (χ4v) is 2.45. The van der Waals surface area contributed by atoms with E-state index in [2.05, 4.69) is 37.2 Å². The number of phenols is 1. The molecule has 0 saturated carbocycles. The number of phenolic OH excluding ortho intramolecular Hbond substituents is 1. The first-order valence-corrected chi connectivity index (χ1v) is 6.29. The summed E-state index contributed by atoms with van der Waals surface area (Å²) in [6.07, 6.45) is 0. The highest BCUT2D eigenvalue weighted by Gasteiger charge is 2.08. The molecular formula is C10H13Br2NO3. The lowest BCUT2D eigenvalue weighted by molar-refractivity contribution is 0.170. The molecule has 4 nitrogen and oxygen atoms in total. The molecule has 0 aliphatic carbocycles. The maximum atomic E-state index is 9.51. The van der Waals surface area contributed by atoms with Crippen molar-refractivity contribution < 1.29 is 15.3 Å². The van der Waals surface area contributed by atoms with Crippen LogP contribution < -0.4 is 5.32 Å². The molecule has 4 N–H and O–H groups in total. The van der Waals surface area contributed by atoms with Crippen LogP contribution in [0.15, 0.2) is 21.1 Å². The largest absolute Gasteiger partial charge is 0.506 e. The second kappa shape index (κ2) is 6.56. The minimum absolute atomic E-state index is 0.114. The Morgan fingerprint density at radius 1 is 1.12 bits per heavy atom. The van der Waals surface area contributed by atoms with Gasteiger partial charge in [0, 0.05) is 6.54 Å². The van der Waals surface area contributed by atoms with Crippen LogP contribution in [0.4, 0.5) is 0 Å². The van der Waals surface area contributed by atoms with Crippen molar-refractivity contribution >= 4 is 31.9 Å². The standard InChI is InChI=1S/C10H13Br2NO3/c11-8-1-6(2-9(12)10(8)16)3-13-7(4-14)5-15/h1-2,7,13-16H,3-5H2. The molecule has 16 heavy (non-hydrogen) atoms. The quantitative estimate of drug-likeness (QED) is 0.644. The van der Waals surface area contributed by atoms with E-state index < -0.39 is 0 Å². The van der Waals surface area contributed by atoms with Crippen molar-refractivity contribution in [1.29, 1.82) is 0 Å². The van der Waals surface area contributed by atoms with Crippen molar-refractivity contribution in [1.82, 2.24) is 5.32 Å². The summed E-state index contributed by atoms with van der Waals surface area (Å²) >= 11 is 6.46. The maximum Gasteiger partial charge on any atom is 0.143 e. The Hall–Kier alpha value is -0.140. The molecule has 0 atom stereocenters. The fraction of sp³-hybridized carbons (Fsp3) is 0.400. The average Bonchev–Trinajstić information content (AvgIpc) is 2.27. The van der Waals surface area contributed by atoms with Crippen molar-refractivity contribution in [2.45, 2.75) is 12.6 Å². The molecule has 0 aromatic heterocycles.